The SMILES string of the molecule is Cc1n[nH]c(C)c1CCN1C(=O)c2cccc(N3CCN(C(=O)Cc4c(F)cccc4Cl)CC3)c2C1=O. The molecule has 1 aromatic heterocycles. The summed E-state index contributed by atoms with van der Waals surface area (Å²) in [5.74, 6) is -1.30. The molecule has 1 saturated heterocycles. The number of aromatic nitrogens is 2. The molecule has 2 aromatic carbocycles. The maximum absolute atomic E-state index is 14.1. The summed E-state index contributed by atoms with van der Waals surface area (Å²) in [5, 5.41) is 7.36. The van der Waals surface area contributed by atoms with Gasteiger partial charge in [0.15, 0.2) is 0 Å². The lowest BCUT2D eigenvalue weighted by atomic mass is 10.1. The molecule has 37 heavy (non-hydrogen) atoms. The molecular formula is C27H27ClFN5O3. The minimum Gasteiger partial charge on any atom is -0.367 e. The highest BCUT2D eigenvalue weighted by atomic mass is 35.5. The molecule has 192 valence electrons. The molecule has 0 saturated carbocycles. The lowest BCUT2D eigenvalue weighted by molar-refractivity contribution is -0.130. The molecule has 3 aromatic rings. The number of amides is 3. The molecule has 2 aliphatic rings. The topological polar surface area (TPSA) is 89.6 Å². The van der Waals surface area contributed by atoms with E-state index in [0.29, 0.717) is 49.4 Å². The summed E-state index contributed by atoms with van der Waals surface area (Å²) < 4.78 is 14.1. The number of H-pyrrole nitrogens is 1. The molecule has 1 fully saturated rings. The van der Waals surface area contributed by atoms with Crippen molar-refractivity contribution in [2.45, 2.75) is 26.7 Å². The number of aromatic amines is 1. The number of imide groups is 1. The third kappa shape index (κ3) is 4.59. The van der Waals surface area contributed by atoms with E-state index in [4.69, 9.17) is 11.6 Å². The van der Waals surface area contributed by atoms with Gasteiger partial charge in [-0.2, -0.15) is 5.10 Å². The van der Waals surface area contributed by atoms with Gasteiger partial charge in [-0.15, -0.1) is 0 Å². The minimum absolute atomic E-state index is 0.107. The zero-order valence-corrected chi connectivity index (χ0v) is 21.4. The fourth-order valence-electron chi connectivity index (χ4n) is 5.11. The molecule has 0 bridgehead atoms. The molecule has 3 amide bonds. The third-order valence-corrected chi connectivity index (χ3v) is 7.56. The number of hydrogen-bond acceptors (Lipinski definition) is 5. The highest BCUT2D eigenvalue weighted by Crippen LogP contribution is 2.33. The van der Waals surface area contributed by atoms with E-state index in [1.54, 1.807) is 23.1 Å². The fraction of sp³-hybridized carbons (Fsp3) is 0.333. The first kappa shape index (κ1) is 25.0. The fourth-order valence-corrected chi connectivity index (χ4v) is 5.34. The zero-order valence-electron chi connectivity index (χ0n) is 20.7. The summed E-state index contributed by atoms with van der Waals surface area (Å²) in [6.07, 6.45) is 0.422. The molecule has 0 unspecified atom stereocenters. The number of nitrogens with zero attached hydrogens (tertiary/aromatic N) is 4. The maximum Gasteiger partial charge on any atom is 0.263 e. The summed E-state index contributed by atoms with van der Waals surface area (Å²) in [6.45, 7) is 5.90. The molecule has 1 N–H and O–H groups in total. The number of hydrogen-bond donors (Lipinski definition) is 1. The maximum atomic E-state index is 14.1. The predicted molar refractivity (Wildman–Crippen MR) is 137 cm³/mol. The average molecular weight is 524 g/mol. The lowest BCUT2D eigenvalue weighted by Crippen LogP contribution is -2.49. The van der Waals surface area contributed by atoms with Crippen molar-refractivity contribution in [1.82, 2.24) is 20.0 Å². The van der Waals surface area contributed by atoms with Crippen molar-refractivity contribution in [3.05, 3.63) is 80.9 Å². The Balaban J connectivity index is 1.27. The first-order chi connectivity index (χ1) is 17.8. The number of carbonyl (C=O) groups is 3. The second-order valence-corrected chi connectivity index (χ2v) is 9.78. The number of aryl methyl sites for hydroxylation is 2. The van der Waals surface area contributed by atoms with Crippen molar-refractivity contribution in [2.75, 3.05) is 37.6 Å². The molecule has 0 radical (unpaired) electrons. The Kier molecular flexibility index (Phi) is 6.72. The molecule has 0 aliphatic carbocycles. The van der Waals surface area contributed by atoms with Crippen molar-refractivity contribution >= 4 is 35.0 Å². The molecule has 0 spiro atoms. The van der Waals surface area contributed by atoms with Gasteiger partial charge in [-0.1, -0.05) is 23.7 Å². The highest BCUT2D eigenvalue weighted by Gasteiger charge is 2.39. The van der Waals surface area contributed by atoms with E-state index >= 15 is 0 Å². The zero-order chi connectivity index (χ0) is 26.3. The third-order valence-electron chi connectivity index (χ3n) is 7.21. The first-order valence-corrected chi connectivity index (χ1v) is 12.6. The van der Waals surface area contributed by atoms with Crippen molar-refractivity contribution in [2.24, 2.45) is 0 Å². The Bertz CT molecular complexity index is 1360. The number of fused-ring (bicyclic) bond motifs is 1. The number of benzene rings is 2. The standard InChI is InChI=1S/C27H27ClFN5O3/c1-16-18(17(2)31-30-16)9-10-34-26(36)19-5-3-8-23(25(19)27(34)37)32-11-13-33(14-12-32)24(35)15-20-21(28)6-4-7-22(20)29/h3-8H,9-15H2,1-2H3,(H,30,31). The van der Waals surface area contributed by atoms with Crippen molar-refractivity contribution in [3.8, 4) is 0 Å². The Labute approximate surface area is 219 Å². The number of anilines is 1. The molecule has 5 rings (SSSR count). The van der Waals surface area contributed by atoms with Gasteiger partial charge in [0.2, 0.25) is 5.91 Å². The van der Waals surface area contributed by atoms with Gasteiger partial charge in [0.1, 0.15) is 5.82 Å². The van der Waals surface area contributed by atoms with Crippen LogP contribution in [0.15, 0.2) is 36.4 Å². The van der Waals surface area contributed by atoms with Crippen LogP contribution in [0.25, 0.3) is 0 Å². The van der Waals surface area contributed by atoms with Crippen molar-refractivity contribution < 1.29 is 18.8 Å². The number of nitrogens with one attached hydrogen (secondary N) is 1. The molecule has 0 atom stereocenters. The summed E-state index contributed by atoms with van der Waals surface area (Å²) in [6, 6.07) is 9.68. The Morgan fingerprint density at radius 1 is 1.03 bits per heavy atom. The Hall–Kier alpha value is -3.72. The van der Waals surface area contributed by atoms with Crippen LogP contribution >= 0.6 is 11.6 Å². The van der Waals surface area contributed by atoms with Gasteiger partial charge in [0.05, 0.1) is 28.9 Å². The lowest BCUT2D eigenvalue weighted by Gasteiger charge is -2.36. The number of halogens is 2. The molecule has 10 heteroatoms. The van der Waals surface area contributed by atoms with E-state index in [1.807, 2.05) is 24.8 Å². The van der Waals surface area contributed by atoms with E-state index in [9.17, 15) is 18.8 Å². The molecule has 8 nitrogen and oxygen atoms in total. The van der Waals surface area contributed by atoms with E-state index in [-0.39, 0.29) is 41.3 Å². The van der Waals surface area contributed by atoms with Crippen LogP contribution in [0.1, 0.15) is 43.2 Å². The van der Waals surface area contributed by atoms with Crippen LogP contribution in [-0.4, -0.2) is 70.4 Å². The predicted octanol–water partition coefficient (Wildman–Crippen LogP) is 3.55. The summed E-state index contributed by atoms with van der Waals surface area (Å²) >= 11 is 6.09. The number of piperazine rings is 1. The van der Waals surface area contributed by atoms with Gasteiger partial charge < -0.3 is 9.80 Å². The largest absolute Gasteiger partial charge is 0.367 e. The van der Waals surface area contributed by atoms with Gasteiger partial charge in [0, 0.05) is 49.0 Å². The van der Waals surface area contributed by atoms with E-state index in [0.717, 1.165) is 17.0 Å². The van der Waals surface area contributed by atoms with Crippen LogP contribution < -0.4 is 4.90 Å². The smallest absolute Gasteiger partial charge is 0.263 e. The Morgan fingerprint density at radius 3 is 2.43 bits per heavy atom. The van der Waals surface area contributed by atoms with Gasteiger partial charge in [-0.25, -0.2) is 4.39 Å². The van der Waals surface area contributed by atoms with Gasteiger partial charge in [-0.05, 0) is 50.1 Å². The van der Waals surface area contributed by atoms with Crippen LogP contribution in [0.5, 0.6) is 0 Å². The van der Waals surface area contributed by atoms with Crippen LogP contribution in [0.4, 0.5) is 10.1 Å². The summed E-state index contributed by atoms with van der Waals surface area (Å²) in [7, 11) is 0. The second kappa shape index (κ2) is 9.97. The van der Waals surface area contributed by atoms with Crippen LogP contribution in [0, 0.1) is 19.7 Å². The van der Waals surface area contributed by atoms with Crippen molar-refractivity contribution in [1.29, 1.82) is 0 Å². The van der Waals surface area contributed by atoms with Crippen LogP contribution in [0.3, 0.4) is 0 Å². The normalized spacial score (nSPS) is 15.5. The summed E-state index contributed by atoms with van der Waals surface area (Å²) in [4.78, 5) is 44.3. The number of carbonyl (C=O) groups excluding carboxylic acids is 3. The number of rotatable bonds is 6. The molecule has 3 heterocycles. The average Bonchev–Trinajstić information content (AvgIpc) is 3.34. The van der Waals surface area contributed by atoms with Crippen LogP contribution in [0.2, 0.25) is 5.02 Å². The quantitative estimate of drug-likeness (QED) is 0.499. The minimum atomic E-state index is -0.495. The van der Waals surface area contributed by atoms with E-state index < -0.39 is 5.82 Å². The molecule has 2 aliphatic heterocycles. The monoisotopic (exact) mass is 523 g/mol. The van der Waals surface area contributed by atoms with Gasteiger partial charge in [0.25, 0.3) is 11.8 Å². The van der Waals surface area contributed by atoms with Crippen molar-refractivity contribution in [3.63, 3.8) is 0 Å². The Morgan fingerprint density at radius 2 is 1.76 bits per heavy atom. The van der Waals surface area contributed by atoms with Gasteiger partial charge >= 0.3 is 0 Å². The molecular weight excluding hydrogens is 497 g/mol. The van der Waals surface area contributed by atoms with E-state index in [2.05, 4.69) is 10.2 Å². The van der Waals surface area contributed by atoms with Gasteiger partial charge in [-0.3, -0.25) is 24.4 Å². The second-order valence-electron chi connectivity index (χ2n) is 9.37. The highest BCUT2D eigenvalue weighted by molar-refractivity contribution is 6.31. The van der Waals surface area contributed by atoms with Crippen LogP contribution in [-0.2, 0) is 17.6 Å². The van der Waals surface area contributed by atoms with E-state index in [1.165, 1.54) is 17.0 Å². The first-order valence-electron chi connectivity index (χ1n) is 12.2. The summed E-state index contributed by atoms with van der Waals surface area (Å²) in [5.41, 5.74) is 4.50.